The van der Waals surface area contributed by atoms with Crippen molar-refractivity contribution in [2.75, 3.05) is 20.2 Å². The zero-order valence-corrected chi connectivity index (χ0v) is 10.8. The summed E-state index contributed by atoms with van der Waals surface area (Å²) in [5, 5.41) is 10.0. The summed E-state index contributed by atoms with van der Waals surface area (Å²) < 4.78 is 10.00. The molecule has 18 heavy (non-hydrogen) atoms. The minimum absolute atomic E-state index is 0.219. The fourth-order valence-electron chi connectivity index (χ4n) is 2.35. The molecular formula is C13H19NO4. The van der Waals surface area contributed by atoms with E-state index in [0.29, 0.717) is 18.8 Å². The van der Waals surface area contributed by atoms with Gasteiger partial charge in [-0.2, -0.15) is 0 Å². The number of rotatable bonds is 3. The summed E-state index contributed by atoms with van der Waals surface area (Å²) in [5.74, 6) is 0.469. The fraction of sp³-hybridized carbons (Fsp3) is 0.615. The van der Waals surface area contributed by atoms with E-state index in [2.05, 4.69) is 9.64 Å². The zero-order valence-electron chi connectivity index (χ0n) is 10.8. The Kier molecular flexibility index (Phi) is 3.73. The van der Waals surface area contributed by atoms with Gasteiger partial charge in [-0.1, -0.05) is 0 Å². The van der Waals surface area contributed by atoms with Crippen molar-refractivity contribution in [3.05, 3.63) is 23.7 Å². The number of furan rings is 1. The Morgan fingerprint density at radius 2 is 2.39 bits per heavy atom. The molecule has 1 unspecified atom stereocenters. The highest BCUT2D eigenvalue weighted by Crippen LogP contribution is 2.22. The summed E-state index contributed by atoms with van der Waals surface area (Å²) in [6.07, 6.45) is 1.80. The molecule has 0 spiro atoms. The average Bonchev–Trinajstić information content (AvgIpc) is 2.75. The van der Waals surface area contributed by atoms with Crippen molar-refractivity contribution >= 4 is 5.97 Å². The van der Waals surface area contributed by atoms with Crippen LogP contribution in [0, 0.1) is 0 Å². The van der Waals surface area contributed by atoms with E-state index in [0.717, 1.165) is 19.4 Å². The number of piperidine rings is 1. The Hall–Kier alpha value is -1.33. The summed E-state index contributed by atoms with van der Waals surface area (Å²) in [6.45, 7) is 4.01. The lowest BCUT2D eigenvalue weighted by Gasteiger charge is -2.36. The first-order valence-electron chi connectivity index (χ1n) is 6.12. The van der Waals surface area contributed by atoms with E-state index >= 15 is 0 Å². The van der Waals surface area contributed by atoms with Gasteiger partial charge in [0.05, 0.1) is 19.3 Å². The van der Waals surface area contributed by atoms with Gasteiger partial charge in [0.1, 0.15) is 5.76 Å². The molecule has 2 heterocycles. The molecule has 0 radical (unpaired) electrons. The van der Waals surface area contributed by atoms with Crippen LogP contribution in [0.15, 0.2) is 16.5 Å². The van der Waals surface area contributed by atoms with Crippen LogP contribution in [0.1, 0.15) is 36.1 Å². The van der Waals surface area contributed by atoms with E-state index < -0.39 is 11.6 Å². The van der Waals surface area contributed by atoms with Gasteiger partial charge in [0, 0.05) is 6.54 Å². The third-order valence-corrected chi connectivity index (χ3v) is 3.18. The molecule has 2 rings (SSSR count). The molecule has 0 saturated carbocycles. The quantitative estimate of drug-likeness (QED) is 0.825. The van der Waals surface area contributed by atoms with Crippen molar-refractivity contribution in [3.8, 4) is 0 Å². The minimum atomic E-state index is -0.629. The van der Waals surface area contributed by atoms with Crippen LogP contribution < -0.4 is 0 Å². The van der Waals surface area contributed by atoms with Crippen LogP contribution in [0.3, 0.4) is 0 Å². The molecule has 0 aliphatic carbocycles. The molecule has 0 amide bonds. The van der Waals surface area contributed by atoms with Gasteiger partial charge in [-0.25, -0.2) is 4.79 Å². The maximum atomic E-state index is 11.3. The summed E-state index contributed by atoms with van der Waals surface area (Å²) >= 11 is 0. The summed E-state index contributed by atoms with van der Waals surface area (Å²) in [6, 6.07) is 3.39. The summed E-state index contributed by atoms with van der Waals surface area (Å²) in [7, 11) is 1.33. The van der Waals surface area contributed by atoms with Crippen molar-refractivity contribution in [2.45, 2.75) is 31.9 Å². The molecule has 1 N–H and O–H groups in total. The standard InChI is InChI=1S/C13H19NO4/c1-13(16)6-3-7-14(9-13)8-10-4-5-11(18-10)12(15)17-2/h4-5,16H,3,6-9H2,1-2H3. The zero-order chi connectivity index (χ0) is 13.2. The molecule has 1 saturated heterocycles. The molecule has 1 fully saturated rings. The number of likely N-dealkylation sites (tertiary alicyclic amines) is 1. The highest BCUT2D eigenvalue weighted by molar-refractivity contribution is 5.86. The van der Waals surface area contributed by atoms with Gasteiger partial charge >= 0.3 is 5.97 Å². The van der Waals surface area contributed by atoms with Crippen LogP contribution in [0.4, 0.5) is 0 Å². The first-order chi connectivity index (χ1) is 8.50. The number of carbonyl (C=O) groups excluding carboxylic acids is 1. The smallest absolute Gasteiger partial charge is 0.373 e. The maximum absolute atomic E-state index is 11.3. The average molecular weight is 253 g/mol. The van der Waals surface area contributed by atoms with Crippen molar-refractivity contribution in [1.29, 1.82) is 0 Å². The van der Waals surface area contributed by atoms with Crippen LogP contribution >= 0.6 is 0 Å². The second-order valence-corrected chi connectivity index (χ2v) is 5.07. The van der Waals surface area contributed by atoms with Crippen LogP contribution in [0.2, 0.25) is 0 Å². The normalized spacial score (nSPS) is 25.1. The number of carbonyl (C=O) groups is 1. The molecule has 1 aliphatic heterocycles. The number of β-amino-alcohol motifs (C(OH)–C–C–N with tert-alkyl or cyclic N) is 1. The predicted octanol–water partition coefficient (Wildman–Crippen LogP) is 1.41. The first-order valence-corrected chi connectivity index (χ1v) is 6.12. The molecule has 5 heteroatoms. The molecular weight excluding hydrogens is 234 g/mol. The molecule has 1 aromatic heterocycles. The Balaban J connectivity index is 1.97. The van der Waals surface area contributed by atoms with Gasteiger partial charge in [-0.3, -0.25) is 4.90 Å². The second-order valence-electron chi connectivity index (χ2n) is 5.07. The third-order valence-electron chi connectivity index (χ3n) is 3.18. The van der Waals surface area contributed by atoms with Crippen LogP contribution in [-0.2, 0) is 11.3 Å². The number of ether oxygens (including phenoxy) is 1. The number of hydrogen-bond acceptors (Lipinski definition) is 5. The number of aliphatic hydroxyl groups is 1. The van der Waals surface area contributed by atoms with Gasteiger partial charge in [0.15, 0.2) is 0 Å². The predicted molar refractivity (Wildman–Crippen MR) is 65.2 cm³/mol. The SMILES string of the molecule is COC(=O)c1ccc(CN2CCCC(C)(O)C2)o1. The van der Waals surface area contributed by atoms with E-state index in [9.17, 15) is 9.90 Å². The van der Waals surface area contributed by atoms with Crippen molar-refractivity contribution < 1.29 is 19.1 Å². The van der Waals surface area contributed by atoms with Gasteiger partial charge in [-0.15, -0.1) is 0 Å². The minimum Gasteiger partial charge on any atom is -0.463 e. The second kappa shape index (κ2) is 5.12. The van der Waals surface area contributed by atoms with Crippen molar-refractivity contribution in [3.63, 3.8) is 0 Å². The Bertz CT molecular complexity index is 424. The molecule has 100 valence electrons. The molecule has 1 aliphatic rings. The maximum Gasteiger partial charge on any atom is 0.373 e. The molecule has 0 aromatic carbocycles. The van der Waals surface area contributed by atoms with Gasteiger partial charge in [0.2, 0.25) is 5.76 Å². The van der Waals surface area contributed by atoms with Gasteiger partial charge < -0.3 is 14.3 Å². The van der Waals surface area contributed by atoms with E-state index in [1.165, 1.54) is 7.11 Å². The van der Waals surface area contributed by atoms with Crippen molar-refractivity contribution in [2.24, 2.45) is 0 Å². The van der Waals surface area contributed by atoms with Crippen LogP contribution in [0.5, 0.6) is 0 Å². The number of hydrogen-bond donors (Lipinski definition) is 1. The monoisotopic (exact) mass is 253 g/mol. The lowest BCUT2D eigenvalue weighted by atomic mass is 9.95. The molecule has 5 nitrogen and oxygen atoms in total. The Labute approximate surface area is 106 Å². The number of nitrogens with zero attached hydrogens (tertiary/aromatic N) is 1. The fourth-order valence-corrected chi connectivity index (χ4v) is 2.35. The van der Waals surface area contributed by atoms with E-state index in [-0.39, 0.29) is 5.76 Å². The first kappa shape index (κ1) is 13.1. The lowest BCUT2D eigenvalue weighted by molar-refractivity contribution is -0.0200. The highest BCUT2D eigenvalue weighted by Gasteiger charge is 2.28. The van der Waals surface area contributed by atoms with Crippen LogP contribution in [-0.4, -0.2) is 41.8 Å². The Morgan fingerprint density at radius 1 is 1.61 bits per heavy atom. The van der Waals surface area contributed by atoms with Gasteiger partial charge in [-0.05, 0) is 38.4 Å². The summed E-state index contributed by atoms with van der Waals surface area (Å²) in [4.78, 5) is 13.4. The number of methoxy groups -OCH3 is 1. The third kappa shape index (κ3) is 3.11. The van der Waals surface area contributed by atoms with Crippen molar-refractivity contribution in [1.82, 2.24) is 4.90 Å². The summed E-state index contributed by atoms with van der Waals surface area (Å²) in [5.41, 5.74) is -0.629. The van der Waals surface area contributed by atoms with E-state index in [1.807, 2.05) is 6.92 Å². The van der Waals surface area contributed by atoms with Crippen LogP contribution in [0.25, 0.3) is 0 Å². The lowest BCUT2D eigenvalue weighted by Crippen LogP contribution is -2.45. The largest absolute Gasteiger partial charge is 0.463 e. The number of esters is 1. The molecule has 0 bridgehead atoms. The highest BCUT2D eigenvalue weighted by atomic mass is 16.5. The molecule has 1 aromatic rings. The Morgan fingerprint density at radius 3 is 3.06 bits per heavy atom. The van der Waals surface area contributed by atoms with E-state index in [1.54, 1.807) is 12.1 Å². The van der Waals surface area contributed by atoms with Gasteiger partial charge in [0.25, 0.3) is 0 Å². The molecule has 1 atom stereocenters. The van der Waals surface area contributed by atoms with E-state index in [4.69, 9.17) is 4.42 Å². The topological polar surface area (TPSA) is 62.9 Å².